The Balaban J connectivity index is 2.39. The van der Waals surface area contributed by atoms with Gasteiger partial charge in [0.1, 0.15) is 17.6 Å². The van der Waals surface area contributed by atoms with Crippen LogP contribution in [0.2, 0.25) is 0 Å². The van der Waals surface area contributed by atoms with Gasteiger partial charge in [-0.15, -0.1) is 0 Å². The summed E-state index contributed by atoms with van der Waals surface area (Å²) in [6, 6.07) is 2.90. The summed E-state index contributed by atoms with van der Waals surface area (Å²) in [5.41, 5.74) is 0. The Labute approximate surface area is 106 Å². The predicted molar refractivity (Wildman–Crippen MR) is 65.0 cm³/mol. The third kappa shape index (κ3) is 4.21. The van der Waals surface area contributed by atoms with E-state index in [1.165, 1.54) is 11.8 Å². The van der Waals surface area contributed by atoms with Gasteiger partial charge in [0.25, 0.3) is 0 Å². The Hall–Kier alpha value is -1.82. The van der Waals surface area contributed by atoms with Gasteiger partial charge in [-0.3, -0.25) is 14.9 Å². The van der Waals surface area contributed by atoms with Gasteiger partial charge in [-0.05, 0) is 26.0 Å². The number of amides is 1. The van der Waals surface area contributed by atoms with Crippen LogP contribution in [0.1, 0.15) is 18.4 Å². The van der Waals surface area contributed by atoms with Gasteiger partial charge >= 0.3 is 5.97 Å². The number of carboxylic acid groups (broad SMARTS) is 1. The standard InChI is InChI=1S/C12H18N2O4/c1-8-4-5-10(18-8)7-14(3)11(15)6-13-9(2)12(16)17/h4-5,9,13H,6-7H2,1-3H3,(H,16,17)/t9-/m0/s1. The molecule has 0 aliphatic heterocycles. The van der Waals surface area contributed by atoms with Crippen molar-refractivity contribution in [2.45, 2.75) is 26.4 Å². The Morgan fingerprint density at radius 3 is 2.67 bits per heavy atom. The molecule has 1 atom stereocenters. The van der Waals surface area contributed by atoms with Crippen molar-refractivity contribution in [2.24, 2.45) is 0 Å². The second-order valence-electron chi connectivity index (χ2n) is 4.20. The van der Waals surface area contributed by atoms with Crippen LogP contribution in [0.3, 0.4) is 0 Å². The third-order valence-corrected chi connectivity index (χ3v) is 2.54. The van der Waals surface area contributed by atoms with Gasteiger partial charge in [0.2, 0.25) is 5.91 Å². The van der Waals surface area contributed by atoms with Crippen molar-refractivity contribution in [3.05, 3.63) is 23.7 Å². The maximum atomic E-state index is 11.7. The van der Waals surface area contributed by atoms with Crippen molar-refractivity contribution < 1.29 is 19.1 Å². The molecule has 6 heteroatoms. The van der Waals surface area contributed by atoms with Crippen molar-refractivity contribution >= 4 is 11.9 Å². The maximum absolute atomic E-state index is 11.7. The van der Waals surface area contributed by atoms with Crippen molar-refractivity contribution in [1.82, 2.24) is 10.2 Å². The van der Waals surface area contributed by atoms with Crippen LogP contribution < -0.4 is 5.32 Å². The van der Waals surface area contributed by atoms with Gasteiger partial charge in [-0.2, -0.15) is 0 Å². The molecular formula is C12H18N2O4. The number of furan rings is 1. The number of hydrogen-bond acceptors (Lipinski definition) is 4. The maximum Gasteiger partial charge on any atom is 0.320 e. The van der Waals surface area contributed by atoms with Gasteiger partial charge in [0.15, 0.2) is 0 Å². The number of rotatable bonds is 6. The van der Waals surface area contributed by atoms with Crippen molar-refractivity contribution in [3.63, 3.8) is 0 Å². The summed E-state index contributed by atoms with van der Waals surface area (Å²) < 4.78 is 5.36. The zero-order valence-corrected chi connectivity index (χ0v) is 10.8. The first-order valence-electron chi connectivity index (χ1n) is 5.65. The minimum Gasteiger partial charge on any atom is -0.480 e. The molecule has 0 spiro atoms. The molecular weight excluding hydrogens is 236 g/mol. The minimum atomic E-state index is -0.980. The van der Waals surface area contributed by atoms with E-state index < -0.39 is 12.0 Å². The quantitative estimate of drug-likeness (QED) is 0.777. The largest absolute Gasteiger partial charge is 0.480 e. The number of carbonyl (C=O) groups is 2. The fourth-order valence-electron chi connectivity index (χ4n) is 1.35. The second-order valence-corrected chi connectivity index (χ2v) is 4.20. The minimum absolute atomic E-state index is 0.0103. The van der Waals surface area contributed by atoms with Crippen LogP contribution in [0.15, 0.2) is 16.5 Å². The van der Waals surface area contributed by atoms with Crippen LogP contribution in [-0.4, -0.2) is 41.5 Å². The van der Waals surface area contributed by atoms with Crippen LogP contribution in [0.4, 0.5) is 0 Å². The van der Waals surface area contributed by atoms with Crippen LogP contribution >= 0.6 is 0 Å². The highest BCUT2D eigenvalue weighted by atomic mass is 16.4. The number of carbonyl (C=O) groups excluding carboxylic acids is 1. The van der Waals surface area contributed by atoms with E-state index in [9.17, 15) is 9.59 Å². The molecule has 0 unspecified atom stereocenters. The normalized spacial score (nSPS) is 12.2. The lowest BCUT2D eigenvalue weighted by Crippen LogP contribution is -2.41. The molecule has 18 heavy (non-hydrogen) atoms. The molecule has 1 aromatic heterocycles. The molecule has 1 aromatic rings. The number of carboxylic acids is 1. The Kier molecular flexibility index (Phi) is 4.91. The number of aryl methyl sites for hydroxylation is 1. The average molecular weight is 254 g/mol. The van der Waals surface area contributed by atoms with Gasteiger partial charge in [0, 0.05) is 7.05 Å². The van der Waals surface area contributed by atoms with Crippen LogP contribution in [0.5, 0.6) is 0 Å². The van der Waals surface area contributed by atoms with Gasteiger partial charge < -0.3 is 14.4 Å². The van der Waals surface area contributed by atoms with E-state index >= 15 is 0 Å². The fraction of sp³-hybridized carbons (Fsp3) is 0.500. The monoisotopic (exact) mass is 254 g/mol. The number of nitrogens with zero attached hydrogens (tertiary/aromatic N) is 1. The molecule has 100 valence electrons. The van der Waals surface area contributed by atoms with Crippen molar-refractivity contribution in [1.29, 1.82) is 0 Å². The zero-order chi connectivity index (χ0) is 13.7. The molecule has 1 heterocycles. The summed E-state index contributed by atoms with van der Waals surface area (Å²) in [7, 11) is 1.65. The molecule has 0 saturated carbocycles. The van der Waals surface area contributed by atoms with Gasteiger partial charge in [0.05, 0.1) is 13.1 Å². The molecule has 0 fully saturated rings. The third-order valence-electron chi connectivity index (χ3n) is 2.54. The van der Waals surface area contributed by atoms with E-state index in [0.717, 1.165) is 5.76 Å². The van der Waals surface area contributed by atoms with E-state index in [4.69, 9.17) is 9.52 Å². The average Bonchev–Trinajstić information content (AvgIpc) is 2.70. The molecule has 0 aliphatic carbocycles. The highest BCUT2D eigenvalue weighted by Crippen LogP contribution is 2.08. The van der Waals surface area contributed by atoms with Crippen molar-refractivity contribution in [3.8, 4) is 0 Å². The summed E-state index contributed by atoms with van der Waals surface area (Å²) in [6.07, 6.45) is 0. The van der Waals surface area contributed by atoms with E-state index in [2.05, 4.69) is 5.32 Å². The number of nitrogens with one attached hydrogen (secondary N) is 1. The fourth-order valence-corrected chi connectivity index (χ4v) is 1.35. The first-order valence-corrected chi connectivity index (χ1v) is 5.65. The van der Waals surface area contributed by atoms with E-state index in [1.54, 1.807) is 7.05 Å². The summed E-state index contributed by atoms with van der Waals surface area (Å²) in [4.78, 5) is 23.8. The van der Waals surface area contributed by atoms with E-state index in [1.807, 2.05) is 19.1 Å². The van der Waals surface area contributed by atoms with Gasteiger partial charge in [-0.1, -0.05) is 0 Å². The lowest BCUT2D eigenvalue weighted by Gasteiger charge is -2.17. The molecule has 0 aromatic carbocycles. The van der Waals surface area contributed by atoms with E-state index in [-0.39, 0.29) is 12.5 Å². The van der Waals surface area contributed by atoms with E-state index in [0.29, 0.717) is 12.3 Å². The molecule has 1 rings (SSSR count). The second kappa shape index (κ2) is 6.20. The Morgan fingerprint density at radius 2 is 2.17 bits per heavy atom. The number of hydrogen-bond donors (Lipinski definition) is 2. The first-order chi connectivity index (χ1) is 8.40. The predicted octanol–water partition coefficient (Wildman–Crippen LogP) is 0.609. The summed E-state index contributed by atoms with van der Waals surface area (Å²) in [5, 5.41) is 11.3. The first kappa shape index (κ1) is 14.2. The SMILES string of the molecule is Cc1ccc(CN(C)C(=O)CN[C@@H](C)C(=O)O)o1. The topological polar surface area (TPSA) is 82.8 Å². The summed E-state index contributed by atoms with van der Waals surface area (Å²) >= 11 is 0. The molecule has 0 aliphatic rings. The lowest BCUT2D eigenvalue weighted by atomic mass is 10.3. The van der Waals surface area contributed by atoms with Crippen molar-refractivity contribution in [2.75, 3.05) is 13.6 Å². The smallest absolute Gasteiger partial charge is 0.320 e. The molecule has 0 bridgehead atoms. The highest BCUT2D eigenvalue weighted by Gasteiger charge is 2.15. The summed E-state index contributed by atoms with van der Waals surface area (Å²) in [5.74, 6) is 0.336. The summed E-state index contributed by atoms with van der Waals surface area (Å²) in [6.45, 7) is 3.69. The molecule has 0 radical (unpaired) electrons. The number of likely N-dealkylation sites (N-methyl/N-ethyl adjacent to an activating group) is 1. The zero-order valence-electron chi connectivity index (χ0n) is 10.8. The lowest BCUT2D eigenvalue weighted by molar-refractivity contribution is -0.139. The number of aliphatic carboxylic acids is 1. The molecule has 6 nitrogen and oxygen atoms in total. The molecule has 1 amide bonds. The van der Waals surface area contributed by atoms with Gasteiger partial charge in [-0.25, -0.2) is 0 Å². The van der Waals surface area contributed by atoms with Crippen LogP contribution in [0, 0.1) is 6.92 Å². The molecule has 0 saturated heterocycles. The molecule has 2 N–H and O–H groups in total. The van der Waals surface area contributed by atoms with Crippen LogP contribution in [-0.2, 0) is 16.1 Å². The highest BCUT2D eigenvalue weighted by molar-refractivity contribution is 5.79. The van der Waals surface area contributed by atoms with Crippen LogP contribution in [0.25, 0.3) is 0 Å². The Morgan fingerprint density at radius 1 is 1.50 bits per heavy atom. The Bertz CT molecular complexity index is 427.